The number of furan rings is 1. The molecule has 0 fully saturated rings. The van der Waals surface area contributed by atoms with Gasteiger partial charge in [-0.3, -0.25) is 0 Å². The van der Waals surface area contributed by atoms with Crippen LogP contribution < -0.4 is 0 Å². The molecule has 0 aliphatic heterocycles. The first kappa shape index (κ1) is 18.7. The number of nitrogens with zero attached hydrogens (tertiary/aromatic N) is 2. The Morgan fingerprint density at radius 2 is 1.21 bits per heavy atom. The average molecular weight is 434 g/mol. The van der Waals surface area contributed by atoms with Gasteiger partial charge in [-0.25, -0.2) is 0 Å². The van der Waals surface area contributed by atoms with Gasteiger partial charge < -0.3 is 8.98 Å². The van der Waals surface area contributed by atoms with Crippen LogP contribution in [0.3, 0.4) is 0 Å². The quantitative estimate of drug-likeness (QED) is 0.275. The molecule has 7 rings (SSSR count). The van der Waals surface area contributed by atoms with Crippen LogP contribution in [0.5, 0.6) is 0 Å². The molecular weight excluding hydrogens is 416 g/mol. The number of hydrogen-bond donors (Lipinski definition) is 0. The minimum Gasteiger partial charge on any atom is -0.456 e. The number of fused-ring (bicyclic) bond motifs is 6. The van der Waals surface area contributed by atoms with Gasteiger partial charge >= 0.3 is 0 Å². The molecule has 7 aromatic rings. The lowest BCUT2D eigenvalue weighted by Gasteiger charge is -2.10. The minimum atomic E-state index is 0.633. The normalized spacial score (nSPS) is 11.5. The summed E-state index contributed by atoms with van der Waals surface area (Å²) in [5, 5.41) is 13.8. The molecule has 34 heavy (non-hydrogen) atoms. The average Bonchev–Trinajstić information content (AvgIpc) is 3.43. The van der Waals surface area contributed by atoms with Crippen LogP contribution in [0.1, 0.15) is 5.56 Å². The predicted molar refractivity (Wildman–Crippen MR) is 138 cm³/mol. The summed E-state index contributed by atoms with van der Waals surface area (Å²) >= 11 is 0. The van der Waals surface area contributed by atoms with Crippen molar-refractivity contribution >= 4 is 43.7 Å². The van der Waals surface area contributed by atoms with Gasteiger partial charge in [0.15, 0.2) is 0 Å². The summed E-state index contributed by atoms with van der Waals surface area (Å²) in [7, 11) is 0. The van der Waals surface area contributed by atoms with E-state index < -0.39 is 0 Å². The molecule has 2 aromatic heterocycles. The van der Waals surface area contributed by atoms with Crippen molar-refractivity contribution in [3.8, 4) is 22.9 Å². The van der Waals surface area contributed by atoms with Crippen LogP contribution in [0.4, 0.5) is 0 Å². The van der Waals surface area contributed by atoms with Gasteiger partial charge in [-0.05, 0) is 65.7 Å². The SMILES string of the molecule is N#Cc1ccc2oc3ccc(-c4cccc(-n5c6ccccc6c6ccccc65)c4)cc3c2c1. The van der Waals surface area contributed by atoms with E-state index in [9.17, 15) is 5.26 Å². The second-order valence-electron chi connectivity index (χ2n) is 8.56. The Kier molecular flexibility index (Phi) is 3.91. The predicted octanol–water partition coefficient (Wildman–Crippen LogP) is 8.22. The molecule has 0 bridgehead atoms. The summed E-state index contributed by atoms with van der Waals surface area (Å²) in [5.41, 5.74) is 8.01. The van der Waals surface area contributed by atoms with Crippen molar-refractivity contribution in [2.24, 2.45) is 0 Å². The van der Waals surface area contributed by atoms with E-state index >= 15 is 0 Å². The third-order valence-electron chi connectivity index (χ3n) is 6.62. The topological polar surface area (TPSA) is 41.9 Å². The van der Waals surface area contributed by atoms with Gasteiger partial charge in [0.25, 0.3) is 0 Å². The third kappa shape index (κ3) is 2.69. The Morgan fingerprint density at radius 1 is 0.559 bits per heavy atom. The zero-order chi connectivity index (χ0) is 22.6. The van der Waals surface area contributed by atoms with E-state index in [2.05, 4.69) is 95.6 Å². The summed E-state index contributed by atoms with van der Waals surface area (Å²) in [6.45, 7) is 0. The van der Waals surface area contributed by atoms with Gasteiger partial charge in [0.2, 0.25) is 0 Å². The smallest absolute Gasteiger partial charge is 0.135 e. The number of rotatable bonds is 2. The van der Waals surface area contributed by atoms with Gasteiger partial charge in [0.05, 0.1) is 22.7 Å². The highest BCUT2D eigenvalue weighted by molar-refractivity contribution is 6.09. The molecule has 5 aromatic carbocycles. The molecule has 3 nitrogen and oxygen atoms in total. The molecule has 0 spiro atoms. The van der Waals surface area contributed by atoms with Crippen molar-refractivity contribution in [2.45, 2.75) is 0 Å². The van der Waals surface area contributed by atoms with Gasteiger partial charge in [-0.2, -0.15) is 5.26 Å². The molecule has 0 saturated carbocycles. The van der Waals surface area contributed by atoms with Gasteiger partial charge in [0.1, 0.15) is 11.2 Å². The fraction of sp³-hybridized carbons (Fsp3) is 0. The summed E-state index contributed by atoms with van der Waals surface area (Å²) in [5.74, 6) is 0. The van der Waals surface area contributed by atoms with Crippen molar-refractivity contribution in [2.75, 3.05) is 0 Å². The second-order valence-corrected chi connectivity index (χ2v) is 8.56. The Morgan fingerprint density at radius 3 is 1.94 bits per heavy atom. The number of nitriles is 1. The number of hydrogen-bond acceptors (Lipinski definition) is 2. The maximum absolute atomic E-state index is 9.33. The molecule has 2 heterocycles. The van der Waals surface area contributed by atoms with Crippen molar-refractivity contribution in [3.63, 3.8) is 0 Å². The van der Waals surface area contributed by atoms with Crippen LogP contribution in [0.15, 0.2) is 114 Å². The molecule has 0 N–H and O–H groups in total. The van der Waals surface area contributed by atoms with Gasteiger partial charge in [0, 0.05) is 27.2 Å². The molecule has 158 valence electrons. The van der Waals surface area contributed by atoms with E-state index in [1.807, 2.05) is 18.2 Å². The lowest BCUT2D eigenvalue weighted by Crippen LogP contribution is -1.94. The van der Waals surface area contributed by atoms with Crippen molar-refractivity contribution in [1.82, 2.24) is 4.57 Å². The first-order chi connectivity index (χ1) is 16.8. The summed E-state index contributed by atoms with van der Waals surface area (Å²) < 4.78 is 8.34. The zero-order valence-electron chi connectivity index (χ0n) is 18.2. The number of aromatic nitrogens is 1. The Balaban J connectivity index is 1.44. The first-order valence-corrected chi connectivity index (χ1v) is 11.3. The first-order valence-electron chi connectivity index (χ1n) is 11.3. The van der Waals surface area contributed by atoms with Crippen LogP contribution in [-0.4, -0.2) is 4.57 Å². The Bertz CT molecular complexity index is 1880. The van der Waals surface area contributed by atoms with E-state index in [1.54, 1.807) is 6.07 Å². The van der Waals surface area contributed by atoms with E-state index in [-0.39, 0.29) is 0 Å². The second kappa shape index (κ2) is 7.10. The van der Waals surface area contributed by atoms with E-state index in [1.165, 1.54) is 21.8 Å². The summed E-state index contributed by atoms with van der Waals surface area (Å²) in [6.07, 6.45) is 0. The van der Waals surface area contributed by atoms with Crippen LogP contribution in [0.2, 0.25) is 0 Å². The highest BCUT2D eigenvalue weighted by Gasteiger charge is 2.13. The highest BCUT2D eigenvalue weighted by Crippen LogP contribution is 2.35. The monoisotopic (exact) mass is 434 g/mol. The molecule has 0 unspecified atom stereocenters. The molecule has 0 atom stereocenters. The summed E-state index contributed by atoms with van der Waals surface area (Å²) in [4.78, 5) is 0. The largest absolute Gasteiger partial charge is 0.456 e. The van der Waals surface area contributed by atoms with Crippen LogP contribution in [-0.2, 0) is 0 Å². The maximum Gasteiger partial charge on any atom is 0.135 e. The lowest BCUT2D eigenvalue weighted by molar-refractivity contribution is 0.669. The van der Waals surface area contributed by atoms with Crippen LogP contribution in [0.25, 0.3) is 60.6 Å². The van der Waals surface area contributed by atoms with E-state index in [0.29, 0.717) is 5.56 Å². The van der Waals surface area contributed by atoms with Crippen LogP contribution in [0, 0.1) is 11.3 Å². The molecule has 0 aliphatic rings. The third-order valence-corrected chi connectivity index (χ3v) is 6.62. The molecular formula is C31H18N2O. The van der Waals surface area contributed by atoms with Crippen molar-refractivity contribution < 1.29 is 4.42 Å². The highest BCUT2D eigenvalue weighted by atomic mass is 16.3. The maximum atomic E-state index is 9.33. The Labute approximate surface area is 195 Å². The zero-order valence-corrected chi connectivity index (χ0v) is 18.2. The molecule has 3 heteroatoms. The standard InChI is InChI=1S/C31H18N2O/c32-19-20-12-14-30-26(16-20)27-18-22(13-15-31(27)34-30)21-6-5-7-23(17-21)33-28-10-3-1-8-24(28)25-9-2-4-11-29(25)33/h1-18H. The van der Waals surface area contributed by atoms with Gasteiger partial charge in [-0.1, -0.05) is 54.6 Å². The molecule has 0 amide bonds. The lowest BCUT2D eigenvalue weighted by atomic mass is 10.0. The molecule has 0 aliphatic carbocycles. The number of benzene rings is 5. The van der Waals surface area contributed by atoms with Crippen molar-refractivity contribution in [3.05, 3.63) is 115 Å². The molecule has 0 saturated heterocycles. The van der Waals surface area contributed by atoms with E-state index in [0.717, 1.165) is 38.8 Å². The van der Waals surface area contributed by atoms with Crippen molar-refractivity contribution in [1.29, 1.82) is 5.26 Å². The number of para-hydroxylation sites is 2. The van der Waals surface area contributed by atoms with Gasteiger partial charge in [-0.15, -0.1) is 0 Å². The van der Waals surface area contributed by atoms with Crippen LogP contribution >= 0.6 is 0 Å². The molecule has 0 radical (unpaired) electrons. The minimum absolute atomic E-state index is 0.633. The fourth-order valence-electron chi connectivity index (χ4n) is 5.05. The van der Waals surface area contributed by atoms with E-state index in [4.69, 9.17) is 4.42 Å². The summed E-state index contributed by atoms with van der Waals surface area (Å²) in [6, 6.07) is 39.8. The fourth-order valence-corrected chi connectivity index (χ4v) is 5.05. The Hall–Kier alpha value is -4.81.